The van der Waals surface area contributed by atoms with Gasteiger partial charge in [-0.25, -0.2) is 18.2 Å². The molecule has 12 heteroatoms. The SMILES string of the molecule is COc1cc(F)c(-c2nc(C(O)Nc3cnn(C)c3[C@@H]3CC[C@@H](N)[C@H](F)CO3)cs2)c(F)c1. The minimum absolute atomic E-state index is 0.0529. The number of thiazole rings is 1. The van der Waals surface area contributed by atoms with E-state index in [9.17, 15) is 18.3 Å². The van der Waals surface area contributed by atoms with Crippen molar-refractivity contribution < 1.29 is 27.8 Å². The van der Waals surface area contributed by atoms with Crippen LogP contribution in [0.5, 0.6) is 5.75 Å². The molecule has 0 amide bonds. The predicted octanol–water partition coefficient (Wildman–Crippen LogP) is 3.45. The van der Waals surface area contributed by atoms with Crippen molar-refractivity contribution in [1.82, 2.24) is 14.8 Å². The van der Waals surface area contributed by atoms with Gasteiger partial charge in [0, 0.05) is 30.6 Å². The molecule has 3 heterocycles. The average molecular weight is 484 g/mol. The smallest absolute Gasteiger partial charge is 0.169 e. The summed E-state index contributed by atoms with van der Waals surface area (Å²) in [6.45, 7) is -0.132. The summed E-state index contributed by atoms with van der Waals surface area (Å²) in [4.78, 5) is 4.20. The second kappa shape index (κ2) is 9.67. The van der Waals surface area contributed by atoms with Crippen LogP contribution >= 0.6 is 11.3 Å². The van der Waals surface area contributed by atoms with E-state index < -0.39 is 36.2 Å². The molecule has 2 aromatic heterocycles. The summed E-state index contributed by atoms with van der Waals surface area (Å²) < 4.78 is 54.9. The van der Waals surface area contributed by atoms with Gasteiger partial charge in [-0.1, -0.05) is 0 Å². The third-order valence-electron chi connectivity index (χ3n) is 5.53. The summed E-state index contributed by atoms with van der Waals surface area (Å²) in [5.74, 6) is -1.59. The summed E-state index contributed by atoms with van der Waals surface area (Å²) in [6.07, 6.45) is -0.569. The highest BCUT2D eigenvalue weighted by molar-refractivity contribution is 7.13. The lowest BCUT2D eigenvalue weighted by Crippen LogP contribution is -2.32. The molecule has 4 rings (SSSR count). The van der Waals surface area contributed by atoms with Crippen LogP contribution in [-0.2, 0) is 11.8 Å². The van der Waals surface area contributed by atoms with E-state index >= 15 is 0 Å². The number of hydrogen-bond acceptors (Lipinski definition) is 8. The molecule has 0 radical (unpaired) electrons. The number of aliphatic hydroxyl groups is 1. The van der Waals surface area contributed by atoms with Crippen molar-refractivity contribution in [2.24, 2.45) is 12.8 Å². The zero-order valence-corrected chi connectivity index (χ0v) is 18.8. The number of benzene rings is 1. The first kappa shape index (κ1) is 23.5. The molecule has 4 N–H and O–H groups in total. The number of aliphatic hydroxyl groups excluding tert-OH is 1. The lowest BCUT2D eigenvalue weighted by molar-refractivity contribution is 0.0246. The van der Waals surface area contributed by atoms with Crippen LogP contribution in [0.15, 0.2) is 23.7 Å². The second-order valence-electron chi connectivity index (χ2n) is 7.74. The first-order chi connectivity index (χ1) is 15.8. The number of nitrogens with zero attached hydrogens (tertiary/aromatic N) is 3. The molecule has 0 bridgehead atoms. The molecule has 1 aliphatic rings. The van der Waals surface area contributed by atoms with Crippen molar-refractivity contribution >= 4 is 17.0 Å². The van der Waals surface area contributed by atoms with E-state index in [1.807, 2.05) is 0 Å². The maximum atomic E-state index is 14.4. The van der Waals surface area contributed by atoms with Crippen molar-refractivity contribution in [3.8, 4) is 16.3 Å². The molecule has 178 valence electrons. The molecule has 0 aliphatic carbocycles. The highest BCUT2D eigenvalue weighted by Gasteiger charge is 2.30. The fraction of sp³-hybridized carbons (Fsp3) is 0.429. The highest BCUT2D eigenvalue weighted by Crippen LogP contribution is 2.35. The van der Waals surface area contributed by atoms with Gasteiger partial charge in [0.2, 0.25) is 0 Å². The molecule has 1 aliphatic heterocycles. The number of rotatable bonds is 6. The average Bonchev–Trinajstić information content (AvgIpc) is 3.36. The van der Waals surface area contributed by atoms with Gasteiger partial charge in [0.25, 0.3) is 0 Å². The number of nitrogens with two attached hydrogens (primary N) is 1. The van der Waals surface area contributed by atoms with Gasteiger partial charge in [0.1, 0.15) is 40.4 Å². The third kappa shape index (κ3) is 4.83. The molecule has 3 aromatic rings. The largest absolute Gasteiger partial charge is 0.497 e. The van der Waals surface area contributed by atoms with Gasteiger partial charge in [-0.15, -0.1) is 11.3 Å². The number of nitrogens with one attached hydrogen (secondary N) is 1. The van der Waals surface area contributed by atoms with E-state index in [1.165, 1.54) is 18.7 Å². The van der Waals surface area contributed by atoms with Gasteiger partial charge >= 0.3 is 0 Å². The van der Waals surface area contributed by atoms with E-state index in [1.54, 1.807) is 11.7 Å². The number of methoxy groups -OCH3 is 1. The van der Waals surface area contributed by atoms with Crippen LogP contribution < -0.4 is 15.8 Å². The Bertz CT molecular complexity index is 1090. The van der Waals surface area contributed by atoms with Crippen LogP contribution in [-0.4, -0.2) is 45.8 Å². The van der Waals surface area contributed by atoms with Gasteiger partial charge in [-0.05, 0) is 12.8 Å². The molecule has 1 aromatic carbocycles. The molecule has 1 fully saturated rings. The second-order valence-corrected chi connectivity index (χ2v) is 8.59. The maximum Gasteiger partial charge on any atom is 0.169 e. The Balaban J connectivity index is 1.54. The summed E-state index contributed by atoms with van der Waals surface area (Å²) in [6, 6.07) is 1.53. The summed E-state index contributed by atoms with van der Waals surface area (Å²) in [7, 11) is 3.03. The zero-order chi connectivity index (χ0) is 23.7. The standard InChI is InChI=1S/C21H24F3N5O3S/c1-29-19(17-4-3-14(25)13(24)8-32-17)15(7-26-29)27-20(30)16-9-33-21(28-16)18-11(22)5-10(31-2)6-12(18)23/h5-7,9,13-14,17,20,27,30H,3-4,8,25H2,1-2H3/t13-,14-,17+,20?/m1/s1. The van der Waals surface area contributed by atoms with Crippen LogP contribution in [0.4, 0.5) is 18.9 Å². The molecule has 4 atom stereocenters. The minimum atomic E-state index is -1.29. The Morgan fingerprint density at radius 1 is 1.33 bits per heavy atom. The Labute approximate surface area is 192 Å². The fourth-order valence-electron chi connectivity index (χ4n) is 3.72. The van der Waals surface area contributed by atoms with E-state index in [0.29, 0.717) is 24.2 Å². The van der Waals surface area contributed by atoms with Crippen molar-refractivity contribution in [2.75, 3.05) is 19.0 Å². The van der Waals surface area contributed by atoms with E-state index in [2.05, 4.69) is 15.4 Å². The first-order valence-electron chi connectivity index (χ1n) is 10.2. The van der Waals surface area contributed by atoms with E-state index in [-0.39, 0.29) is 28.6 Å². The Hall–Kier alpha value is -2.67. The number of halogens is 3. The van der Waals surface area contributed by atoms with Gasteiger partial charge in [-0.3, -0.25) is 4.68 Å². The van der Waals surface area contributed by atoms with E-state index in [4.69, 9.17) is 15.2 Å². The third-order valence-corrected chi connectivity index (χ3v) is 6.41. The highest BCUT2D eigenvalue weighted by atomic mass is 32.1. The molecule has 33 heavy (non-hydrogen) atoms. The molecule has 0 saturated carbocycles. The number of alkyl halides is 1. The Morgan fingerprint density at radius 2 is 2.06 bits per heavy atom. The molecule has 1 saturated heterocycles. The predicted molar refractivity (Wildman–Crippen MR) is 117 cm³/mol. The van der Waals surface area contributed by atoms with Crippen molar-refractivity contribution in [1.29, 1.82) is 0 Å². The van der Waals surface area contributed by atoms with Crippen molar-refractivity contribution in [2.45, 2.75) is 37.4 Å². The van der Waals surface area contributed by atoms with Gasteiger partial charge in [0.15, 0.2) is 6.23 Å². The first-order valence-corrected chi connectivity index (χ1v) is 11.1. The molecule has 1 unspecified atom stereocenters. The van der Waals surface area contributed by atoms with Gasteiger partial charge < -0.3 is 25.6 Å². The van der Waals surface area contributed by atoms with Crippen LogP contribution in [0.1, 0.15) is 36.6 Å². The van der Waals surface area contributed by atoms with Gasteiger partial charge in [-0.2, -0.15) is 5.10 Å². The number of hydrogen-bond donors (Lipinski definition) is 3. The molecular formula is C21H24F3N5O3S. The Kier molecular flexibility index (Phi) is 6.88. The van der Waals surface area contributed by atoms with Gasteiger partial charge in [0.05, 0.1) is 36.9 Å². The summed E-state index contributed by atoms with van der Waals surface area (Å²) in [5.41, 5.74) is 6.78. The van der Waals surface area contributed by atoms with Crippen molar-refractivity contribution in [3.63, 3.8) is 0 Å². The van der Waals surface area contributed by atoms with Crippen LogP contribution in [0.25, 0.3) is 10.6 Å². The Morgan fingerprint density at radius 3 is 2.76 bits per heavy atom. The molecule has 8 nitrogen and oxygen atoms in total. The van der Waals surface area contributed by atoms with Crippen molar-refractivity contribution in [3.05, 3.63) is 46.7 Å². The zero-order valence-electron chi connectivity index (χ0n) is 18.0. The monoisotopic (exact) mass is 483 g/mol. The summed E-state index contributed by atoms with van der Waals surface area (Å²) >= 11 is 0.991. The van der Waals surface area contributed by atoms with Crippen LogP contribution in [0.3, 0.4) is 0 Å². The van der Waals surface area contributed by atoms with E-state index in [0.717, 1.165) is 23.5 Å². The number of aromatic nitrogens is 3. The van der Waals surface area contributed by atoms with Crippen LogP contribution in [0, 0.1) is 11.6 Å². The lowest BCUT2D eigenvalue weighted by Gasteiger charge is -2.19. The summed E-state index contributed by atoms with van der Waals surface area (Å²) in [5, 5.41) is 19.4. The normalized spacial score (nSPS) is 22.1. The minimum Gasteiger partial charge on any atom is -0.497 e. The number of aryl methyl sites for hydroxylation is 1. The number of ether oxygens (including phenoxy) is 2. The maximum absolute atomic E-state index is 14.4. The van der Waals surface area contributed by atoms with Crippen LogP contribution in [0.2, 0.25) is 0 Å². The number of anilines is 1. The lowest BCUT2D eigenvalue weighted by atomic mass is 10.0. The molecule has 0 spiro atoms. The molecular weight excluding hydrogens is 459 g/mol. The topological polar surface area (TPSA) is 107 Å². The quantitative estimate of drug-likeness (QED) is 0.461. The fourth-order valence-corrected chi connectivity index (χ4v) is 4.60.